The van der Waals surface area contributed by atoms with Crippen LogP contribution < -0.4 is 11.1 Å². The molecule has 0 bridgehead atoms. The van der Waals surface area contributed by atoms with Crippen LogP contribution in [0, 0.1) is 0 Å². The van der Waals surface area contributed by atoms with Crippen molar-refractivity contribution in [1.82, 2.24) is 5.32 Å². The van der Waals surface area contributed by atoms with Gasteiger partial charge in [-0.2, -0.15) is 0 Å². The van der Waals surface area contributed by atoms with Gasteiger partial charge < -0.3 is 16.2 Å². The van der Waals surface area contributed by atoms with Gasteiger partial charge in [0.15, 0.2) is 0 Å². The van der Waals surface area contributed by atoms with Crippen molar-refractivity contribution in [3.8, 4) is 0 Å². The highest BCUT2D eigenvalue weighted by Gasteiger charge is 2.25. The predicted octanol–water partition coefficient (Wildman–Crippen LogP) is 1.70. The lowest BCUT2D eigenvalue weighted by Crippen LogP contribution is -2.52. The Morgan fingerprint density at radius 2 is 1.94 bits per heavy atom. The average molecular weight is 250 g/mol. The van der Waals surface area contributed by atoms with Crippen LogP contribution in [0.15, 0.2) is 30.3 Å². The standard InChI is InChI=1S/C15H26N2O/c1-2-15(13-16,17-10-6-7-11-18)12-14-8-4-3-5-9-14/h3-5,8-9,17-18H,2,6-7,10-13,16H2,1H3. The molecule has 0 amide bonds. The van der Waals surface area contributed by atoms with Crippen LogP contribution in [-0.2, 0) is 6.42 Å². The topological polar surface area (TPSA) is 58.3 Å². The van der Waals surface area contributed by atoms with Crippen molar-refractivity contribution < 1.29 is 5.11 Å². The van der Waals surface area contributed by atoms with Gasteiger partial charge in [-0.1, -0.05) is 37.3 Å². The molecule has 102 valence electrons. The van der Waals surface area contributed by atoms with Crippen LogP contribution in [0.3, 0.4) is 0 Å². The maximum absolute atomic E-state index is 8.79. The molecule has 18 heavy (non-hydrogen) atoms. The van der Waals surface area contributed by atoms with Gasteiger partial charge in [-0.25, -0.2) is 0 Å². The first-order chi connectivity index (χ1) is 8.76. The van der Waals surface area contributed by atoms with E-state index in [0.29, 0.717) is 6.54 Å². The van der Waals surface area contributed by atoms with Gasteiger partial charge in [-0.3, -0.25) is 0 Å². The van der Waals surface area contributed by atoms with Gasteiger partial charge in [0, 0.05) is 18.7 Å². The molecule has 0 aliphatic rings. The van der Waals surface area contributed by atoms with Crippen molar-refractivity contribution in [3.05, 3.63) is 35.9 Å². The Bertz CT molecular complexity index is 310. The monoisotopic (exact) mass is 250 g/mol. The second-order valence-corrected chi connectivity index (χ2v) is 4.86. The second-order valence-electron chi connectivity index (χ2n) is 4.86. The minimum absolute atomic E-state index is 0.0171. The molecule has 1 aromatic rings. The van der Waals surface area contributed by atoms with E-state index in [4.69, 9.17) is 10.8 Å². The van der Waals surface area contributed by atoms with E-state index in [1.807, 2.05) is 6.07 Å². The van der Waals surface area contributed by atoms with E-state index in [-0.39, 0.29) is 12.1 Å². The summed E-state index contributed by atoms with van der Waals surface area (Å²) in [6.07, 6.45) is 3.81. The molecular weight excluding hydrogens is 224 g/mol. The summed E-state index contributed by atoms with van der Waals surface area (Å²) in [5, 5.41) is 12.4. The third-order valence-electron chi connectivity index (χ3n) is 3.54. The molecule has 1 atom stereocenters. The highest BCUT2D eigenvalue weighted by Crippen LogP contribution is 2.16. The van der Waals surface area contributed by atoms with Gasteiger partial charge >= 0.3 is 0 Å². The van der Waals surface area contributed by atoms with Crippen molar-refractivity contribution in [2.45, 2.75) is 38.1 Å². The quantitative estimate of drug-likeness (QED) is 0.585. The number of aliphatic hydroxyl groups is 1. The molecule has 0 fully saturated rings. The zero-order chi connectivity index (χ0) is 13.3. The molecule has 4 N–H and O–H groups in total. The maximum atomic E-state index is 8.79. The van der Waals surface area contributed by atoms with Gasteiger partial charge in [0.25, 0.3) is 0 Å². The summed E-state index contributed by atoms with van der Waals surface area (Å²) in [7, 11) is 0. The summed E-state index contributed by atoms with van der Waals surface area (Å²) < 4.78 is 0. The zero-order valence-corrected chi connectivity index (χ0v) is 11.4. The molecule has 0 saturated heterocycles. The second kappa shape index (κ2) is 8.25. The number of nitrogens with one attached hydrogen (secondary N) is 1. The molecule has 3 nitrogen and oxygen atoms in total. The van der Waals surface area contributed by atoms with Crippen molar-refractivity contribution >= 4 is 0 Å². The van der Waals surface area contributed by atoms with Crippen LogP contribution in [0.1, 0.15) is 31.7 Å². The van der Waals surface area contributed by atoms with Gasteiger partial charge in [0.05, 0.1) is 0 Å². The Balaban J connectivity index is 2.56. The highest BCUT2D eigenvalue weighted by atomic mass is 16.2. The van der Waals surface area contributed by atoms with Crippen molar-refractivity contribution in [2.24, 2.45) is 5.73 Å². The lowest BCUT2D eigenvalue weighted by molar-refractivity contribution is 0.271. The Hall–Kier alpha value is -0.900. The zero-order valence-electron chi connectivity index (χ0n) is 11.4. The van der Waals surface area contributed by atoms with E-state index < -0.39 is 0 Å². The number of nitrogens with two attached hydrogens (primary N) is 1. The van der Waals surface area contributed by atoms with Gasteiger partial charge in [-0.15, -0.1) is 0 Å². The molecule has 0 saturated carbocycles. The van der Waals surface area contributed by atoms with E-state index in [1.54, 1.807) is 0 Å². The van der Waals surface area contributed by atoms with Crippen LogP contribution >= 0.6 is 0 Å². The fourth-order valence-electron chi connectivity index (χ4n) is 2.18. The number of benzene rings is 1. The summed E-state index contributed by atoms with van der Waals surface area (Å²) in [5.41, 5.74) is 7.27. The molecule has 0 aromatic heterocycles. The minimum atomic E-state index is -0.0171. The van der Waals surface area contributed by atoms with E-state index >= 15 is 0 Å². The molecule has 0 spiro atoms. The summed E-state index contributed by atoms with van der Waals surface area (Å²) in [5.74, 6) is 0. The number of aliphatic hydroxyl groups excluding tert-OH is 1. The summed E-state index contributed by atoms with van der Waals surface area (Å²) in [6, 6.07) is 10.5. The molecular formula is C15H26N2O. The Labute approximate surface area is 110 Å². The fourth-order valence-corrected chi connectivity index (χ4v) is 2.18. The minimum Gasteiger partial charge on any atom is -0.396 e. The fraction of sp³-hybridized carbons (Fsp3) is 0.600. The van der Waals surface area contributed by atoms with Gasteiger partial charge in [-0.05, 0) is 37.8 Å². The number of unbranched alkanes of at least 4 members (excludes halogenated alkanes) is 1. The van der Waals surface area contributed by atoms with E-state index in [9.17, 15) is 0 Å². The Morgan fingerprint density at radius 1 is 1.22 bits per heavy atom. The van der Waals surface area contributed by atoms with Gasteiger partial charge in [0.1, 0.15) is 0 Å². The normalized spacial score (nSPS) is 14.4. The lowest BCUT2D eigenvalue weighted by Gasteiger charge is -2.33. The number of hydrogen-bond donors (Lipinski definition) is 3. The van der Waals surface area contributed by atoms with E-state index in [0.717, 1.165) is 32.2 Å². The smallest absolute Gasteiger partial charge is 0.0431 e. The molecule has 0 radical (unpaired) electrons. The van der Waals surface area contributed by atoms with Crippen LogP contribution in [0.25, 0.3) is 0 Å². The molecule has 0 aliphatic carbocycles. The Morgan fingerprint density at radius 3 is 2.50 bits per heavy atom. The first-order valence-electron chi connectivity index (χ1n) is 6.86. The highest BCUT2D eigenvalue weighted by molar-refractivity contribution is 5.18. The SMILES string of the molecule is CCC(CN)(Cc1ccccc1)NCCCCO. The molecule has 0 heterocycles. The first-order valence-corrected chi connectivity index (χ1v) is 6.86. The van der Waals surface area contributed by atoms with Crippen LogP contribution in [-0.4, -0.2) is 30.3 Å². The molecule has 3 heteroatoms. The van der Waals surface area contributed by atoms with E-state index in [2.05, 4.69) is 36.5 Å². The predicted molar refractivity (Wildman–Crippen MR) is 76.5 cm³/mol. The third-order valence-corrected chi connectivity index (χ3v) is 3.54. The van der Waals surface area contributed by atoms with Crippen LogP contribution in [0.2, 0.25) is 0 Å². The molecule has 1 unspecified atom stereocenters. The molecule has 1 rings (SSSR count). The van der Waals surface area contributed by atoms with Crippen LogP contribution in [0.4, 0.5) is 0 Å². The Kier molecular flexibility index (Phi) is 6.94. The maximum Gasteiger partial charge on any atom is 0.0431 e. The molecule has 1 aromatic carbocycles. The average Bonchev–Trinajstić information content (AvgIpc) is 2.43. The van der Waals surface area contributed by atoms with E-state index in [1.165, 1.54) is 5.56 Å². The van der Waals surface area contributed by atoms with Crippen molar-refractivity contribution in [2.75, 3.05) is 19.7 Å². The third kappa shape index (κ3) is 4.77. The lowest BCUT2D eigenvalue weighted by atomic mass is 9.88. The number of hydrogen-bond acceptors (Lipinski definition) is 3. The first kappa shape index (κ1) is 15.2. The summed E-state index contributed by atoms with van der Waals surface area (Å²) in [6.45, 7) is 3.99. The van der Waals surface area contributed by atoms with Gasteiger partial charge in [0.2, 0.25) is 0 Å². The summed E-state index contributed by atoms with van der Waals surface area (Å²) >= 11 is 0. The molecule has 0 aliphatic heterocycles. The number of rotatable bonds is 9. The van der Waals surface area contributed by atoms with Crippen molar-refractivity contribution in [1.29, 1.82) is 0 Å². The largest absolute Gasteiger partial charge is 0.396 e. The summed E-state index contributed by atoms with van der Waals surface area (Å²) in [4.78, 5) is 0. The van der Waals surface area contributed by atoms with Crippen molar-refractivity contribution in [3.63, 3.8) is 0 Å². The van der Waals surface area contributed by atoms with Crippen LogP contribution in [0.5, 0.6) is 0 Å².